The van der Waals surface area contributed by atoms with E-state index in [9.17, 15) is 0 Å². The number of oxime groups is 1. The molecule has 0 rings (SSSR count). The summed E-state index contributed by atoms with van der Waals surface area (Å²) in [6, 6.07) is 0. The van der Waals surface area contributed by atoms with E-state index >= 15 is 0 Å². The summed E-state index contributed by atoms with van der Waals surface area (Å²) in [5.41, 5.74) is 0.786. The Morgan fingerprint density at radius 2 is 2.38 bits per heavy atom. The minimum atomic E-state index is 0.786. The quantitative estimate of drug-likeness (QED) is 0.339. The third-order valence-electron chi connectivity index (χ3n) is 0.959. The molecule has 8 heavy (non-hydrogen) atoms. The summed E-state index contributed by atoms with van der Waals surface area (Å²) in [5, 5.41) is 11.1. The van der Waals surface area contributed by atoms with Crippen molar-refractivity contribution in [3.8, 4) is 0 Å². The lowest BCUT2D eigenvalue weighted by atomic mass is 10.2. The van der Waals surface area contributed by atoms with Crippen LogP contribution in [0.15, 0.2) is 5.16 Å². The average molecular weight is 114 g/mol. The van der Waals surface area contributed by atoms with Gasteiger partial charge in [-0.2, -0.15) is 0 Å². The molecule has 0 heterocycles. The second-order valence-corrected chi connectivity index (χ2v) is 1.79. The highest BCUT2D eigenvalue weighted by molar-refractivity contribution is 5.81. The van der Waals surface area contributed by atoms with Crippen molar-refractivity contribution in [2.75, 3.05) is 0 Å². The van der Waals surface area contributed by atoms with E-state index in [2.05, 4.69) is 12.1 Å². The van der Waals surface area contributed by atoms with Crippen LogP contribution in [0, 0.1) is 6.92 Å². The Morgan fingerprint density at radius 3 is 2.75 bits per heavy atom. The van der Waals surface area contributed by atoms with Crippen molar-refractivity contribution in [1.82, 2.24) is 0 Å². The van der Waals surface area contributed by atoms with Crippen LogP contribution in [-0.4, -0.2) is 10.9 Å². The summed E-state index contributed by atoms with van der Waals surface area (Å²) >= 11 is 0. The molecule has 0 saturated heterocycles. The molecule has 0 fully saturated rings. The lowest BCUT2D eigenvalue weighted by Gasteiger charge is -1.91. The Kier molecular flexibility index (Phi) is 4.32. The molecule has 0 amide bonds. The van der Waals surface area contributed by atoms with Gasteiger partial charge in [-0.3, -0.25) is 0 Å². The van der Waals surface area contributed by atoms with Gasteiger partial charge in [-0.25, -0.2) is 0 Å². The van der Waals surface area contributed by atoms with Crippen LogP contribution in [0.1, 0.15) is 26.2 Å². The Bertz CT molecular complexity index is 78.6. The summed E-state index contributed by atoms with van der Waals surface area (Å²) in [5.74, 6) is 0. The highest BCUT2D eigenvalue weighted by Gasteiger charge is 1.87. The van der Waals surface area contributed by atoms with Crippen LogP contribution in [-0.2, 0) is 0 Å². The van der Waals surface area contributed by atoms with E-state index in [4.69, 9.17) is 5.21 Å². The van der Waals surface area contributed by atoms with Crippen LogP contribution in [0.2, 0.25) is 0 Å². The predicted octanol–water partition coefficient (Wildman–Crippen LogP) is 1.84. The molecule has 0 aliphatic heterocycles. The van der Waals surface area contributed by atoms with Crippen molar-refractivity contribution in [3.05, 3.63) is 6.92 Å². The maximum absolute atomic E-state index is 8.13. The van der Waals surface area contributed by atoms with Gasteiger partial charge < -0.3 is 5.21 Å². The zero-order valence-electron chi connectivity index (χ0n) is 5.22. The van der Waals surface area contributed by atoms with Crippen molar-refractivity contribution in [1.29, 1.82) is 0 Å². The largest absolute Gasteiger partial charge is 0.411 e. The molecule has 0 spiro atoms. The number of hydrogen-bond acceptors (Lipinski definition) is 2. The van der Waals surface area contributed by atoms with Crippen LogP contribution in [0.3, 0.4) is 0 Å². The molecule has 2 heteroatoms. The van der Waals surface area contributed by atoms with E-state index in [1.165, 1.54) is 0 Å². The first-order chi connectivity index (χ1) is 3.81. The van der Waals surface area contributed by atoms with Crippen LogP contribution in [0.25, 0.3) is 0 Å². The Labute approximate surface area is 50.2 Å². The number of nitrogens with zero attached hydrogens (tertiary/aromatic N) is 1. The van der Waals surface area contributed by atoms with Gasteiger partial charge in [-0.1, -0.05) is 18.5 Å². The first kappa shape index (κ1) is 7.47. The van der Waals surface area contributed by atoms with Gasteiger partial charge in [0.05, 0.1) is 5.71 Å². The monoisotopic (exact) mass is 114 g/mol. The van der Waals surface area contributed by atoms with Gasteiger partial charge in [0.1, 0.15) is 0 Å². The van der Waals surface area contributed by atoms with Gasteiger partial charge in [0.15, 0.2) is 0 Å². The van der Waals surface area contributed by atoms with Crippen molar-refractivity contribution in [2.45, 2.75) is 26.2 Å². The maximum Gasteiger partial charge on any atom is 0.0540 e. The number of hydrogen-bond donors (Lipinski definition) is 1. The molecular weight excluding hydrogens is 102 g/mol. The fraction of sp³-hybridized carbons (Fsp3) is 0.667. The molecule has 0 aromatic rings. The second kappa shape index (κ2) is 4.62. The van der Waals surface area contributed by atoms with Crippen molar-refractivity contribution in [3.63, 3.8) is 0 Å². The van der Waals surface area contributed by atoms with Gasteiger partial charge in [0, 0.05) is 0 Å². The zero-order valence-corrected chi connectivity index (χ0v) is 5.22. The van der Waals surface area contributed by atoms with Crippen LogP contribution >= 0.6 is 0 Å². The van der Waals surface area contributed by atoms with E-state index in [1.54, 1.807) is 6.92 Å². The number of unbranched alkanes of at least 4 members (excludes halogenated alkanes) is 1. The molecule has 2 nitrogen and oxygen atoms in total. The molecule has 0 bridgehead atoms. The lowest BCUT2D eigenvalue weighted by molar-refractivity contribution is 0.317. The Hall–Kier alpha value is -0.530. The van der Waals surface area contributed by atoms with Crippen molar-refractivity contribution >= 4 is 5.71 Å². The molecule has 0 aromatic heterocycles. The van der Waals surface area contributed by atoms with E-state index in [0.29, 0.717) is 0 Å². The van der Waals surface area contributed by atoms with Gasteiger partial charge in [0.25, 0.3) is 0 Å². The molecule has 0 aliphatic rings. The fourth-order valence-corrected chi connectivity index (χ4v) is 0.431. The standard InChI is InChI=1S/C6H12NO/c1-3-4-5-6(2)7-8/h8H,1,3-5H2,2H3. The molecule has 1 N–H and O–H groups in total. The molecule has 0 aromatic carbocycles. The molecule has 0 atom stereocenters. The molecule has 1 radical (unpaired) electrons. The smallest absolute Gasteiger partial charge is 0.0540 e. The highest BCUT2D eigenvalue weighted by Crippen LogP contribution is 1.94. The van der Waals surface area contributed by atoms with Crippen LogP contribution in [0.5, 0.6) is 0 Å². The van der Waals surface area contributed by atoms with E-state index in [1.807, 2.05) is 0 Å². The summed E-state index contributed by atoms with van der Waals surface area (Å²) in [4.78, 5) is 0. The van der Waals surface area contributed by atoms with Gasteiger partial charge in [-0.05, 0) is 19.8 Å². The van der Waals surface area contributed by atoms with Gasteiger partial charge in [-0.15, -0.1) is 0 Å². The second-order valence-electron chi connectivity index (χ2n) is 1.79. The number of rotatable bonds is 3. The SMILES string of the molecule is [CH2]CCCC(C)=NO. The average Bonchev–Trinajstić information content (AvgIpc) is 1.83. The van der Waals surface area contributed by atoms with Gasteiger partial charge in [0.2, 0.25) is 0 Å². The minimum absolute atomic E-state index is 0.786. The third-order valence-corrected chi connectivity index (χ3v) is 0.959. The third kappa shape index (κ3) is 3.65. The summed E-state index contributed by atoms with van der Waals surface area (Å²) in [6.07, 6.45) is 2.78. The molecule has 0 unspecified atom stereocenters. The normalized spacial score (nSPS) is 12.0. The van der Waals surface area contributed by atoms with E-state index in [0.717, 1.165) is 25.0 Å². The molecule has 0 aliphatic carbocycles. The van der Waals surface area contributed by atoms with Crippen molar-refractivity contribution < 1.29 is 5.21 Å². The molecule has 47 valence electrons. The van der Waals surface area contributed by atoms with Crippen molar-refractivity contribution in [2.24, 2.45) is 5.16 Å². The zero-order chi connectivity index (χ0) is 6.41. The topological polar surface area (TPSA) is 32.6 Å². The summed E-state index contributed by atoms with van der Waals surface area (Å²) in [6.45, 7) is 5.46. The fourth-order valence-electron chi connectivity index (χ4n) is 0.431. The summed E-state index contributed by atoms with van der Waals surface area (Å²) in [7, 11) is 0. The van der Waals surface area contributed by atoms with Crippen LogP contribution in [0.4, 0.5) is 0 Å². The first-order valence-electron chi connectivity index (χ1n) is 2.78. The predicted molar refractivity (Wildman–Crippen MR) is 34.1 cm³/mol. The first-order valence-corrected chi connectivity index (χ1v) is 2.78. The highest BCUT2D eigenvalue weighted by atomic mass is 16.4. The minimum Gasteiger partial charge on any atom is -0.411 e. The molecule has 0 saturated carbocycles. The summed E-state index contributed by atoms with van der Waals surface area (Å²) < 4.78 is 0. The van der Waals surface area contributed by atoms with E-state index < -0.39 is 0 Å². The van der Waals surface area contributed by atoms with Crippen LogP contribution < -0.4 is 0 Å². The molecular formula is C6H12NO. The Morgan fingerprint density at radius 1 is 1.75 bits per heavy atom. The Balaban J connectivity index is 3.12. The lowest BCUT2D eigenvalue weighted by Crippen LogP contribution is -1.88. The van der Waals surface area contributed by atoms with E-state index in [-0.39, 0.29) is 0 Å². The van der Waals surface area contributed by atoms with Gasteiger partial charge >= 0.3 is 0 Å². The maximum atomic E-state index is 8.13.